The topological polar surface area (TPSA) is 44.8 Å². The molecule has 1 aliphatic heterocycles. The number of carbonyl (C=O) groups excluding carboxylic acids is 1. The molecule has 1 fully saturated rings. The van der Waals surface area contributed by atoms with Crippen LogP contribution >= 0.6 is 0 Å². The number of nitrogens with zero attached hydrogens (tertiary/aromatic N) is 2. The van der Waals surface area contributed by atoms with Gasteiger partial charge in [0.1, 0.15) is 0 Å². The van der Waals surface area contributed by atoms with Crippen LogP contribution in [0.1, 0.15) is 30.1 Å². The van der Waals surface area contributed by atoms with Crippen molar-refractivity contribution in [1.82, 2.24) is 15.1 Å². The molecular formula is C22H29N3O2. The second-order valence-electron chi connectivity index (χ2n) is 6.96. The van der Waals surface area contributed by atoms with E-state index in [1.807, 2.05) is 50.4 Å². The van der Waals surface area contributed by atoms with Crippen molar-refractivity contribution in [2.24, 2.45) is 0 Å². The Morgan fingerprint density at radius 3 is 2.19 bits per heavy atom. The lowest BCUT2D eigenvalue weighted by Gasteiger charge is -2.35. The van der Waals surface area contributed by atoms with Crippen LogP contribution in [0.25, 0.3) is 0 Å². The third-order valence-electron chi connectivity index (χ3n) is 5.30. The van der Waals surface area contributed by atoms with Crippen LogP contribution in [-0.2, 0) is 4.74 Å². The number of nitrogens with one attached hydrogen (secondary N) is 1. The maximum Gasteiger partial charge on any atom is 0.317 e. The summed E-state index contributed by atoms with van der Waals surface area (Å²) in [5.41, 5.74) is 2.35. The number of amides is 2. The van der Waals surface area contributed by atoms with E-state index in [0.29, 0.717) is 6.54 Å². The smallest absolute Gasteiger partial charge is 0.317 e. The predicted octanol–water partition coefficient (Wildman–Crippen LogP) is 3.46. The van der Waals surface area contributed by atoms with Crippen molar-refractivity contribution in [3.63, 3.8) is 0 Å². The van der Waals surface area contributed by atoms with Gasteiger partial charge in [0.2, 0.25) is 0 Å². The highest BCUT2D eigenvalue weighted by molar-refractivity contribution is 5.74. The van der Waals surface area contributed by atoms with Gasteiger partial charge in [-0.1, -0.05) is 60.7 Å². The molecule has 0 radical (unpaired) electrons. The zero-order chi connectivity index (χ0) is 19.1. The molecule has 144 valence electrons. The molecule has 5 nitrogen and oxygen atoms in total. The Labute approximate surface area is 161 Å². The summed E-state index contributed by atoms with van der Waals surface area (Å²) in [6, 6.07) is 20.6. The molecule has 1 N–H and O–H groups in total. The van der Waals surface area contributed by atoms with Gasteiger partial charge in [-0.3, -0.25) is 4.90 Å². The first-order valence-corrected chi connectivity index (χ1v) is 9.59. The van der Waals surface area contributed by atoms with Crippen LogP contribution in [0.4, 0.5) is 4.79 Å². The van der Waals surface area contributed by atoms with Crippen molar-refractivity contribution in [2.75, 3.05) is 39.9 Å². The lowest BCUT2D eigenvalue weighted by molar-refractivity contribution is 0.0164. The Balaban J connectivity index is 1.64. The number of benzene rings is 2. The fourth-order valence-electron chi connectivity index (χ4n) is 3.46. The number of urea groups is 1. The van der Waals surface area contributed by atoms with Crippen molar-refractivity contribution < 1.29 is 9.53 Å². The Bertz CT molecular complexity index is 702. The molecule has 5 heteroatoms. The van der Waals surface area contributed by atoms with Crippen molar-refractivity contribution in [2.45, 2.75) is 19.0 Å². The number of hydrogen-bond acceptors (Lipinski definition) is 3. The van der Waals surface area contributed by atoms with Crippen molar-refractivity contribution in [3.8, 4) is 0 Å². The quantitative estimate of drug-likeness (QED) is 0.850. The molecule has 2 aromatic carbocycles. The molecule has 3 rings (SSSR count). The molecule has 0 spiro atoms. The summed E-state index contributed by atoms with van der Waals surface area (Å²) in [5, 5.41) is 3.13. The zero-order valence-corrected chi connectivity index (χ0v) is 16.2. The molecule has 2 aromatic rings. The second-order valence-corrected chi connectivity index (χ2v) is 6.96. The third kappa shape index (κ3) is 5.08. The Morgan fingerprint density at radius 2 is 1.59 bits per heavy atom. The average Bonchev–Trinajstić information content (AvgIpc) is 2.75. The zero-order valence-electron chi connectivity index (χ0n) is 16.2. The van der Waals surface area contributed by atoms with Crippen molar-refractivity contribution in [1.29, 1.82) is 0 Å². The number of carbonyl (C=O) groups is 1. The predicted molar refractivity (Wildman–Crippen MR) is 108 cm³/mol. The minimum atomic E-state index is -0.0551. The van der Waals surface area contributed by atoms with Crippen LogP contribution in [0.15, 0.2) is 60.7 Å². The molecule has 0 unspecified atom stereocenters. The number of morpholine rings is 1. The molecule has 1 aliphatic rings. The van der Waals surface area contributed by atoms with Crippen LogP contribution in [0, 0.1) is 0 Å². The van der Waals surface area contributed by atoms with E-state index in [-0.39, 0.29) is 18.1 Å². The molecule has 0 aromatic heterocycles. The maximum absolute atomic E-state index is 12.7. The van der Waals surface area contributed by atoms with Gasteiger partial charge in [-0.2, -0.15) is 0 Å². The fraction of sp³-hybridized carbons (Fsp3) is 0.409. The number of rotatable bonds is 6. The summed E-state index contributed by atoms with van der Waals surface area (Å²) in [4.78, 5) is 16.9. The van der Waals surface area contributed by atoms with Crippen LogP contribution < -0.4 is 5.32 Å². The molecule has 1 heterocycles. The fourth-order valence-corrected chi connectivity index (χ4v) is 3.46. The van der Waals surface area contributed by atoms with E-state index < -0.39 is 0 Å². The Morgan fingerprint density at radius 1 is 1.04 bits per heavy atom. The molecule has 2 amide bonds. The first kappa shape index (κ1) is 19.4. The summed E-state index contributed by atoms with van der Waals surface area (Å²) in [6.07, 6.45) is 0. The highest BCUT2D eigenvalue weighted by Gasteiger charge is 2.24. The normalized spacial score (nSPS) is 17.1. The largest absolute Gasteiger partial charge is 0.379 e. The van der Waals surface area contributed by atoms with Crippen LogP contribution in [0.3, 0.4) is 0 Å². The first-order chi connectivity index (χ1) is 13.2. The minimum Gasteiger partial charge on any atom is -0.379 e. The molecule has 0 bridgehead atoms. The van der Waals surface area contributed by atoms with E-state index in [0.717, 1.165) is 31.9 Å². The molecular weight excluding hydrogens is 338 g/mol. The van der Waals surface area contributed by atoms with Gasteiger partial charge in [-0.25, -0.2) is 4.79 Å². The van der Waals surface area contributed by atoms with Crippen LogP contribution in [-0.4, -0.2) is 55.7 Å². The van der Waals surface area contributed by atoms with Gasteiger partial charge in [0.25, 0.3) is 0 Å². The van der Waals surface area contributed by atoms with E-state index in [1.165, 1.54) is 5.56 Å². The summed E-state index contributed by atoms with van der Waals surface area (Å²) in [6.45, 7) is 5.86. The van der Waals surface area contributed by atoms with E-state index >= 15 is 0 Å². The van der Waals surface area contributed by atoms with E-state index in [2.05, 4.69) is 34.5 Å². The minimum absolute atomic E-state index is 0.0183. The average molecular weight is 367 g/mol. The molecule has 0 aliphatic carbocycles. The van der Waals surface area contributed by atoms with Crippen molar-refractivity contribution in [3.05, 3.63) is 71.8 Å². The highest BCUT2D eigenvalue weighted by Crippen LogP contribution is 2.22. The summed E-state index contributed by atoms with van der Waals surface area (Å²) >= 11 is 0. The monoisotopic (exact) mass is 367 g/mol. The number of hydrogen-bond donors (Lipinski definition) is 1. The second kappa shape index (κ2) is 9.53. The van der Waals surface area contributed by atoms with Gasteiger partial charge >= 0.3 is 6.03 Å². The van der Waals surface area contributed by atoms with Crippen molar-refractivity contribution >= 4 is 6.03 Å². The maximum atomic E-state index is 12.7. The standard InChI is InChI=1S/C22H29N3O2/c1-18(19-9-5-3-6-10-19)24(2)22(26)23-17-21(20-11-7-4-8-12-20)25-13-15-27-16-14-25/h3-12,18,21H,13-17H2,1-2H3,(H,23,26)/t18-,21-/m1/s1. The van der Waals surface area contributed by atoms with Crippen LogP contribution in [0.2, 0.25) is 0 Å². The first-order valence-electron chi connectivity index (χ1n) is 9.59. The Kier molecular flexibility index (Phi) is 6.85. The summed E-state index contributed by atoms with van der Waals surface area (Å²) < 4.78 is 5.49. The lowest BCUT2D eigenvalue weighted by atomic mass is 10.0. The Hall–Kier alpha value is -2.37. The van der Waals surface area contributed by atoms with Gasteiger partial charge in [0.15, 0.2) is 0 Å². The molecule has 1 saturated heterocycles. The molecule has 0 saturated carbocycles. The van der Waals surface area contributed by atoms with Gasteiger partial charge in [0, 0.05) is 26.7 Å². The number of ether oxygens (including phenoxy) is 1. The van der Waals surface area contributed by atoms with Gasteiger partial charge in [-0.15, -0.1) is 0 Å². The SMILES string of the molecule is C[C@H](c1ccccc1)N(C)C(=O)NC[C@H](c1ccccc1)N1CCOCC1. The lowest BCUT2D eigenvalue weighted by Crippen LogP contribution is -2.46. The molecule has 27 heavy (non-hydrogen) atoms. The van der Waals surface area contributed by atoms with Gasteiger partial charge in [0.05, 0.1) is 25.3 Å². The van der Waals surface area contributed by atoms with E-state index in [1.54, 1.807) is 4.90 Å². The van der Waals surface area contributed by atoms with Gasteiger partial charge in [-0.05, 0) is 18.1 Å². The third-order valence-corrected chi connectivity index (χ3v) is 5.30. The molecule has 2 atom stereocenters. The van der Waals surface area contributed by atoms with Gasteiger partial charge < -0.3 is 15.0 Å². The summed E-state index contributed by atoms with van der Waals surface area (Å²) in [5.74, 6) is 0. The van der Waals surface area contributed by atoms with E-state index in [4.69, 9.17) is 4.74 Å². The highest BCUT2D eigenvalue weighted by atomic mass is 16.5. The summed E-state index contributed by atoms with van der Waals surface area (Å²) in [7, 11) is 1.85. The van der Waals surface area contributed by atoms with E-state index in [9.17, 15) is 4.79 Å². The van der Waals surface area contributed by atoms with Crippen LogP contribution in [0.5, 0.6) is 0 Å².